The van der Waals surface area contributed by atoms with Crippen molar-refractivity contribution < 1.29 is 9.59 Å². The fraction of sp³-hybridized carbons (Fsp3) is 0.867. The van der Waals surface area contributed by atoms with Gasteiger partial charge in [-0.15, -0.1) is 0 Å². The topological polar surface area (TPSA) is 37.4 Å². The molecule has 2 aliphatic rings. The Balaban J connectivity index is 2.06. The number of nitrogens with zero attached hydrogens (tertiary/aromatic N) is 1. The fourth-order valence-corrected chi connectivity index (χ4v) is 3.46. The first-order valence-electron chi connectivity index (χ1n) is 7.56. The third-order valence-electron chi connectivity index (χ3n) is 4.40. The first kappa shape index (κ1) is 13.6. The van der Waals surface area contributed by atoms with Crippen LogP contribution in [0.5, 0.6) is 0 Å². The molecule has 1 saturated carbocycles. The third-order valence-corrected chi connectivity index (χ3v) is 4.40. The van der Waals surface area contributed by atoms with Gasteiger partial charge in [-0.25, -0.2) is 0 Å². The van der Waals surface area contributed by atoms with Crippen molar-refractivity contribution in [3.63, 3.8) is 0 Å². The van der Waals surface area contributed by atoms with Crippen LogP contribution in [0.4, 0.5) is 0 Å². The molecule has 2 atom stereocenters. The Morgan fingerprint density at radius 2 is 2.00 bits per heavy atom. The normalized spacial score (nSPS) is 29.4. The van der Waals surface area contributed by atoms with Crippen molar-refractivity contribution in [1.82, 2.24) is 4.90 Å². The second-order valence-electron chi connectivity index (χ2n) is 5.72. The Bertz CT molecular complexity index is 314. The SMILES string of the molecule is CCCC(=O)N1CCCCC1C1CCCCC1=O. The molecule has 0 radical (unpaired) electrons. The van der Waals surface area contributed by atoms with Gasteiger partial charge in [-0.05, 0) is 38.5 Å². The second kappa shape index (κ2) is 6.35. The smallest absolute Gasteiger partial charge is 0.222 e. The number of carbonyl (C=O) groups excluding carboxylic acids is 2. The maximum Gasteiger partial charge on any atom is 0.222 e. The maximum absolute atomic E-state index is 12.2. The van der Waals surface area contributed by atoms with Crippen LogP contribution in [0.15, 0.2) is 0 Å². The lowest BCUT2D eigenvalue weighted by Gasteiger charge is -2.41. The molecule has 0 aromatic carbocycles. The molecule has 1 heterocycles. The van der Waals surface area contributed by atoms with Crippen LogP contribution in [0, 0.1) is 5.92 Å². The van der Waals surface area contributed by atoms with Crippen molar-refractivity contribution >= 4 is 11.7 Å². The van der Waals surface area contributed by atoms with E-state index in [1.807, 2.05) is 11.8 Å². The molecule has 1 amide bonds. The summed E-state index contributed by atoms with van der Waals surface area (Å²) in [5.41, 5.74) is 0. The first-order chi connectivity index (χ1) is 8.74. The van der Waals surface area contributed by atoms with E-state index < -0.39 is 0 Å². The van der Waals surface area contributed by atoms with Crippen LogP contribution in [-0.2, 0) is 9.59 Å². The largest absolute Gasteiger partial charge is 0.339 e. The van der Waals surface area contributed by atoms with Gasteiger partial charge in [0.15, 0.2) is 0 Å². The van der Waals surface area contributed by atoms with Crippen molar-refractivity contribution in [1.29, 1.82) is 0 Å². The molecule has 0 bridgehead atoms. The minimum absolute atomic E-state index is 0.139. The number of carbonyl (C=O) groups is 2. The van der Waals surface area contributed by atoms with E-state index in [0.29, 0.717) is 12.2 Å². The van der Waals surface area contributed by atoms with Gasteiger partial charge in [-0.2, -0.15) is 0 Å². The number of hydrogen-bond acceptors (Lipinski definition) is 2. The lowest BCUT2D eigenvalue weighted by molar-refractivity contribution is -0.139. The molecule has 1 aliphatic carbocycles. The monoisotopic (exact) mass is 251 g/mol. The van der Waals surface area contributed by atoms with Gasteiger partial charge < -0.3 is 4.90 Å². The molecule has 0 aromatic rings. The lowest BCUT2D eigenvalue weighted by Crippen LogP contribution is -2.50. The van der Waals surface area contributed by atoms with Crippen LogP contribution in [0.3, 0.4) is 0 Å². The van der Waals surface area contributed by atoms with Gasteiger partial charge in [-0.1, -0.05) is 13.3 Å². The predicted molar refractivity (Wildman–Crippen MR) is 71.2 cm³/mol. The zero-order valence-electron chi connectivity index (χ0n) is 11.5. The van der Waals surface area contributed by atoms with Gasteiger partial charge >= 0.3 is 0 Å². The first-order valence-corrected chi connectivity index (χ1v) is 7.56. The van der Waals surface area contributed by atoms with Crippen LogP contribution in [-0.4, -0.2) is 29.2 Å². The third kappa shape index (κ3) is 2.93. The van der Waals surface area contributed by atoms with Crippen LogP contribution in [0.1, 0.15) is 64.7 Å². The van der Waals surface area contributed by atoms with E-state index in [4.69, 9.17) is 0 Å². The van der Waals surface area contributed by atoms with E-state index in [-0.39, 0.29) is 17.9 Å². The summed E-state index contributed by atoms with van der Waals surface area (Å²) in [6, 6.07) is 0.214. The molecule has 2 unspecified atom stereocenters. The maximum atomic E-state index is 12.2. The van der Waals surface area contributed by atoms with Gasteiger partial charge in [0.1, 0.15) is 5.78 Å². The molecule has 1 saturated heterocycles. The van der Waals surface area contributed by atoms with Crippen LogP contribution in [0.2, 0.25) is 0 Å². The van der Waals surface area contributed by atoms with E-state index in [0.717, 1.165) is 51.5 Å². The Kier molecular flexibility index (Phi) is 4.79. The summed E-state index contributed by atoms with van der Waals surface area (Å²) in [5.74, 6) is 0.808. The molecule has 2 fully saturated rings. The molecule has 0 spiro atoms. The molecule has 2 rings (SSSR count). The van der Waals surface area contributed by atoms with Crippen LogP contribution >= 0.6 is 0 Å². The summed E-state index contributed by atoms with van der Waals surface area (Å²) in [6.07, 6.45) is 8.78. The molecule has 102 valence electrons. The van der Waals surface area contributed by atoms with Crippen LogP contribution < -0.4 is 0 Å². The number of hydrogen-bond donors (Lipinski definition) is 0. The summed E-state index contributed by atoms with van der Waals surface area (Å²) in [7, 11) is 0. The van der Waals surface area contributed by atoms with Crippen molar-refractivity contribution in [2.45, 2.75) is 70.8 Å². The minimum atomic E-state index is 0.139. The molecule has 3 nitrogen and oxygen atoms in total. The zero-order chi connectivity index (χ0) is 13.0. The van der Waals surface area contributed by atoms with Gasteiger partial charge in [-0.3, -0.25) is 9.59 Å². The average Bonchev–Trinajstić information content (AvgIpc) is 2.40. The summed E-state index contributed by atoms with van der Waals surface area (Å²) in [4.78, 5) is 26.3. The Labute approximate surface area is 110 Å². The van der Waals surface area contributed by atoms with Crippen LogP contribution in [0.25, 0.3) is 0 Å². The number of piperidine rings is 1. The molecular weight excluding hydrogens is 226 g/mol. The van der Waals surface area contributed by atoms with Gasteiger partial charge in [0.2, 0.25) is 5.91 Å². The highest BCUT2D eigenvalue weighted by atomic mass is 16.2. The van der Waals surface area contributed by atoms with E-state index >= 15 is 0 Å². The summed E-state index contributed by atoms with van der Waals surface area (Å²) < 4.78 is 0. The number of ketones is 1. The van der Waals surface area contributed by atoms with E-state index in [9.17, 15) is 9.59 Å². The van der Waals surface area contributed by atoms with Crippen molar-refractivity contribution in [3.05, 3.63) is 0 Å². The number of likely N-dealkylation sites (tertiary alicyclic amines) is 1. The van der Waals surface area contributed by atoms with Crippen molar-refractivity contribution in [2.24, 2.45) is 5.92 Å². The Morgan fingerprint density at radius 3 is 2.72 bits per heavy atom. The van der Waals surface area contributed by atoms with E-state index in [2.05, 4.69) is 0 Å². The highest BCUT2D eigenvalue weighted by Crippen LogP contribution is 2.32. The van der Waals surface area contributed by atoms with Crippen molar-refractivity contribution in [2.75, 3.05) is 6.54 Å². The number of Topliss-reactive ketones (excluding diaryl/α,β-unsaturated/α-hetero) is 1. The molecule has 3 heteroatoms. The summed E-state index contributed by atoms with van der Waals surface area (Å²) in [6.45, 7) is 2.91. The predicted octanol–water partition coefficient (Wildman–Crippen LogP) is 2.93. The molecule has 1 aliphatic heterocycles. The Hall–Kier alpha value is -0.860. The highest BCUT2D eigenvalue weighted by Gasteiger charge is 2.36. The number of amides is 1. The molecule has 0 aromatic heterocycles. The van der Waals surface area contributed by atoms with E-state index in [1.165, 1.54) is 6.42 Å². The van der Waals surface area contributed by atoms with Crippen molar-refractivity contribution in [3.8, 4) is 0 Å². The summed E-state index contributed by atoms with van der Waals surface area (Å²) in [5, 5.41) is 0. The summed E-state index contributed by atoms with van der Waals surface area (Å²) >= 11 is 0. The van der Waals surface area contributed by atoms with Gasteiger partial charge in [0.25, 0.3) is 0 Å². The second-order valence-corrected chi connectivity index (χ2v) is 5.72. The Morgan fingerprint density at radius 1 is 1.22 bits per heavy atom. The molecular formula is C15H25NO2. The number of rotatable bonds is 3. The lowest BCUT2D eigenvalue weighted by atomic mass is 9.79. The molecule has 0 N–H and O–H groups in total. The van der Waals surface area contributed by atoms with E-state index in [1.54, 1.807) is 0 Å². The molecule has 18 heavy (non-hydrogen) atoms. The van der Waals surface area contributed by atoms with Gasteiger partial charge in [0, 0.05) is 31.3 Å². The van der Waals surface area contributed by atoms with Gasteiger partial charge in [0.05, 0.1) is 0 Å². The fourth-order valence-electron chi connectivity index (χ4n) is 3.46. The quantitative estimate of drug-likeness (QED) is 0.773. The minimum Gasteiger partial charge on any atom is -0.339 e. The zero-order valence-corrected chi connectivity index (χ0v) is 11.5. The highest BCUT2D eigenvalue weighted by molar-refractivity contribution is 5.84. The average molecular weight is 251 g/mol. The standard InChI is InChI=1S/C15H25NO2/c1-2-7-15(18)16-11-6-5-9-13(16)12-8-3-4-10-14(12)17/h12-13H,2-11H2,1H3.